The van der Waals surface area contributed by atoms with Gasteiger partial charge in [-0.15, -0.1) is 0 Å². The Hall–Kier alpha value is -1.56. The Kier molecular flexibility index (Phi) is 2.61. The minimum absolute atomic E-state index is 0.0897. The van der Waals surface area contributed by atoms with Crippen LogP contribution in [0.2, 0.25) is 0 Å². The number of anilines is 1. The zero-order valence-electron chi connectivity index (χ0n) is 9.52. The highest BCUT2D eigenvalue weighted by molar-refractivity contribution is 7.93. The molecule has 0 bridgehead atoms. The van der Waals surface area contributed by atoms with Crippen molar-refractivity contribution in [3.63, 3.8) is 0 Å². The molecule has 0 amide bonds. The number of hydrogen-bond donors (Lipinski definition) is 2. The highest BCUT2D eigenvalue weighted by atomic mass is 32.2. The summed E-state index contributed by atoms with van der Waals surface area (Å²) in [5.41, 5.74) is 2.02. The molecule has 1 atom stereocenters. The van der Waals surface area contributed by atoms with Crippen LogP contribution in [0.1, 0.15) is 11.1 Å². The number of aliphatic carboxylic acids is 1. The van der Waals surface area contributed by atoms with E-state index in [9.17, 15) is 13.2 Å². The van der Waals surface area contributed by atoms with E-state index >= 15 is 0 Å². The number of rotatable bonds is 1. The van der Waals surface area contributed by atoms with Gasteiger partial charge in [-0.05, 0) is 31.0 Å². The van der Waals surface area contributed by atoms with Crippen LogP contribution in [-0.2, 0) is 14.6 Å². The maximum Gasteiger partial charge on any atom is 0.324 e. The van der Waals surface area contributed by atoms with Gasteiger partial charge in [-0.25, -0.2) is 8.42 Å². The van der Waals surface area contributed by atoms with Crippen molar-refractivity contribution in [3.05, 3.63) is 23.3 Å². The second-order valence-electron chi connectivity index (χ2n) is 4.21. The third-order valence-corrected chi connectivity index (χ3v) is 5.06. The molecule has 0 aromatic heterocycles. The van der Waals surface area contributed by atoms with Gasteiger partial charge in [-0.1, -0.05) is 6.07 Å². The van der Waals surface area contributed by atoms with Crippen molar-refractivity contribution in [1.82, 2.24) is 0 Å². The lowest BCUT2D eigenvalue weighted by Crippen LogP contribution is -2.40. The van der Waals surface area contributed by atoms with E-state index in [2.05, 4.69) is 5.32 Å². The molecule has 1 unspecified atom stereocenters. The van der Waals surface area contributed by atoms with Crippen LogP contribution in [0, 0.1) is 13.8 Å². The Morgan fingerprint density at radius 1 is 1.41 bits per heavy atom. The van der Waals surface area contributed by atoms with Gasteiger partial charge in [0.25, 0.3) is 0 Å². The molecule has 0 aliphatic carbocycles. The van der Waals surface area contributed by atoms with Gasteiger partial charge in [-0.2, -0.15) is 0 Å². The predicted octanol–water partition coefficient (Wildman–Crippen LogP) is 0.956. The third-order valence-electron chi connectivity index (χ3n) is 2.83. The predicted molar refractivity (Wildman–Crippen MR) is 63.0 cm³/mol. The molecule has 17 heavy (non-hydrogen) atoms. The molecule has 0 saturated carbocycles. The minimum atomic E-state index is -3.79. The van der Waals surface area contributed by atoms with Gasteiger partial charge in [0.15, 0.2) is 15.1 Å². The van der Waals surface area contributed by atoms with Gasteiger partial charge < -0.3 is 10.4 Å². The number of carboxylic acid groups (broad SMARTS) is 1. The summed E-state index contributed by atoms with van der Waals surface area (Å²) in [5.74, 6) is -1.32. The van der Waals surface area contributed by atoms with Gasteiger partial charge in [0.2, 0.25) is 0 Å². The first kappa shape index (κ1) is 11.9. The molecule has 92 valence electrons. The number of benzene rings is 1. The number of aryl methyl sites for hydroxylation is 2. The fourth-order valence-corrected chi connectivity index (χ4v) is 3.94. The van der Waals surface area contributed by atoms with Crippen molar-refractivity contribution in [2.45, 2.75) is 24.0 Å². The minimum Gasteiger partial charge on any atom is -0.480 e. The van der Waals surface area contributed by atoms with E-state index in [1.54, 1.807) is 19.1 Å². The lowest BCUT2D eigenvalue weighted by Gasteiger charge is -2.25. The Morgan fingerprint density at radius 2 is 2.06 bits per heavy atom. The van der Waals surface area contributed by atoms with E-state index in [-0.39, 0.29) is 11.4 Å². The first-order valence-corrected chi connectivity index (χ1v) is 6.70. The van der Waals surface area contributed by atoms with Gasteiger partial charge in [-0.3, -0.25) is 4.79 Å². The normalized spacial score (nSPS) is 21.4. The summed E-state index contributed by atoms with van der Waals surface area (Å²) in [4.78, 5) is 11.1. The monoisotopic (exact) mass is 255 g/mol. The van der Waals surface area contributed by atoms with Gasteiger partial charge in [0.1, 0.15) is 0 Å². The molecule has 1 aliphatic rings. The smallest absolute Gasteiger partial charge is 0.324 e. The van der Waals surface area contributed by atoms with E-state index in [1.807, 2.05) is 6.92 Å². The van der Waals surface area contributed by atoms with Crippen LogP contribution in [-0.4, -0.2) is 31.3 Å². The van der Waals surface area contributed by atoms with Crippen LogP contribution < -0.4 is 5.32 Å². The van der Waals surface area contributed by atoms with E-state index < -0.39 is 21.1 Å². The first-order valence-electron chi connectivity index (χ1n) is 5.16. The van der Waals surface area contributed by atoms with Crippen molar-refractivity contribution in [1.29, 1.82) is 0 Å². The number of hydrogen-bond acceptors (Lipinski definition) is 4. The molecule has 1 heterocycles. The zero-order valence-corrected chi connectivity index (χ0v) is 10.3. The molecular formula is C11H13NO4S. The summed E-state index contributed by atoms with van der Waals surface area (Å²) >= 11 is 0. The van der Waals surface area contributed by atoms with Crippen LogP contribution in [0.3, 0.4) is 0 Å². The quantitative estimate of drug-likeness (QED) is 0.780. The standard InChI is InChI=1S/C11H13NO4S/c1-6-3-7(2)10-8(4-6)12-5-9(11(13)14)17(10,15)16/h3-4,9,12H,5H2,1-2H3,(H,13,14). The second kappa shape index (κ2) is 3.73. The maximum absolute atomic E-state index is 12.2. The average Bonchev–Trinajstić information content (AvgIpc) is 2.13. The summed E-state index contributed by atoms with van der Waals surface area (Å²) in [6.45, 7) is 3.45. The fraction of sp³-hybridized carbons (Fsp3) is 0.364. The third kappa shape index (κ3) is 1.78. The van der Waals surface area contributed by atoms with Crippen LogP contribution in [0.5, 0.6) is 0 Å². The molecule has 1 aromatic rings. The Labute approximate surface area is 99.4 Å². The summed E-state index contributed by atoms with van der Waals surface area (Å²) in [6.07, 6.45) is 0. The Morgan fingerprint density at radius 3 is 2.65 bits per heavy atom. The van der Waals surface area contributed by atoms with Crippen molar-refractivity contribution >= 4 is 21.5 Å². The van der Waals surface area contributed by atoms with Crippen LogP contribution in [0.4, 0.5) is 5.69 Å². The van der Waals surface area contributed by atoms with E-state index in [1.165, 1.54) is 0 Å². The van der Waals surface area contributed by atoms with Crippen molar-refractivity contribution < 1.29 is 18.3 Å². The maximum atomic E-state index is 12.2. The molecule has 1 aliphatic heterocycles. The lowest BCUT2D eigenvalue weighted by atomic mass is 10.1. The fourth-order valence-electron chi connectivity index (χ4n) is 2.14. The Bertz CT molecular complexity index is 592. The average molecular weight is 255 g/mol. The highest BCUT2D eigenvalue weighted by Crippen LogP contribution is 2.33. The Balaban J connectivity index is 2.70. The molecule has 0 radical (unpaired) electrons. The number of carbonyl (C=O) groups is 1. The van der Waals surface area contributed by atoms with Gasteiger partial charge in [0, 0.05) is 6.54 Å². The zero-order chi connectivity index (χ0) is 12.8. The van der Waals surface area contributed by atoms with Crippen molar-refractivity contribution in [2.24, 2.45) is 0 Å². The largest absolute Gasteiger partial charge is 0.480 e. The number of nitrogens with one attached hydrogen (secondary N) is 1. The molecule has 0 fully saturated rings. The summed E-state index contributed by atoms with van der Waals surface area (Å²) in [5, 5.41) is 10.4. The highest BCUT2D eigenvalue weighted by Gasteiger charge is 2.39. The number of sulfone groups is 1. The molecule has 5 nitrogen and oxygen atoms in total. The molecular weight excluding hydrogens is 242 g/mol. The van der Waals surface area contributed by atoms with Crippen LogP contribution in [0.15, 0.2) is 17.0 Å². The second-order valence-corrected chi connectivity index (χ2v) is 6.28. The van der Waals surface area contributed by atoms with Crippen LogP contribution in [0.25, 0.3) is 0 Å². The molecule has 0 saturated heterocycles. The van der Waals surface area contributed by atoms with Gasteiger partial charge in [0.05, 0.1) is 10.6 Å². The van der Waals surface area contributed by atoms with Gasteiger partial charge >= 0.3 is 5.97 Å². The van der Waals surface area contributed by atoms with E-state index in [4.69, 9.17) is 5.11 Å². The SMILES string of the molecule is Cc1cc(C)c2c(c1)NCC(C(=O)O)S2(=O)=O. The lowest BCUT2D eigenvalue weighted by molar-refractivity contribution is -0.136. The molecule has 0 spiro atoms. The van der Waals surface area contributed by atoms with E-state index in [0.717, 1.165) is 5.56 Å². The van der Waals surface area contributed by atoms with Crippen molar-refractivity contribution in [3.8, 4) is 0 Å². The summed E-state index contributed by atoms with van der Waals surface area (Å²) < 4.78 is 24.3. The van der Waals surface area contributed by atoms with Crippen LogP contribution >= 0.6 is 0 Å². The first-order chi connectivity index (χ1) is 7.84. The molecule has 2 rings (SSSR count). The topological polar surface area (TPSA) is 83.5 Å². The number of fused-ring (bicyclic) bond motifs is 1. The molecule has 2 N–H and O–H groups in total. The van der Waals surface area contributed by atoms with E-state index in [0.29, 0.717) is 11.3 Å². The summed E-state index contributed by atoms with van der Waals surface area (Å²) in [7, 11) is -3.79. The molecule has 1 aromatic carbocycles. The van der Waals surface area contributed by atoms with Crippen molar-refractivity contribution in [2.75, 3.05) is 11.9 Å². The number of carboxylic acids is 1. The molecule has 6 heteroatoms. The summed E-state index contributed by atoms with van der Waals surface area (Å²) in [6, 6.07) is 3.46.